The average molecular weight is 476 g/mol. The standard InChI is InChI=1S/C28H33N3O4/c1-18-24(27(32)34-3)26(21-11-7-12-22(29)15-21)25(19(2)30-18)28(33)35-23-13-8-14-31(17-23)16-20-9-5-4-6-10-20/h4-7,9-12,15,23,26,30H,8,13-14,16-17,29H2,1-3H3/t23-,26-/m1/s1. The van der Waals surface area contributed by atoms with Gasteiger partial charge in [0.15, 0.2) is 0 Å². The van der Waals surface area contributed by atoms with Gasteiger partial charge in [-0.2, -0.15) is 0 Å². The number of nitrogens with zero attached hydrogens (tertiary/aromatic N) is 1. The Balaban J connectivity index is 1.58. The van der Waals surface area contributed by atoms with Crippen molar-refractivity contribution in [2.75, 3.05) is 25.9 Å². The number of allylic oxidation sites excluding steroid dienone is 2. The molecule has 0 spiro atoms. The second-order valence-corrected chi connectivity index (χ2v) is 9.19. The van der Waals surface area contributed by atoms with Crippen molar-refractivity contribution in [2.45, 2.75) is 45.3 Å². The molecule has 7 heteroatoms. The number of nitrogens with two attached hydrogens (primary N) is 1. The van der Waals surface area contributed by atoms with Crippen LogP contribution in [0.2, 0.25) is 0 Å². The molecule has 0 saturated carbocycles. The van der Waals surface area contributed by atoms with Crippen molar-refractivity contribution in [2.24, 2.45) is 0 Å². The molecule has 0 radical (unpaired) electrons. The lowest BCUT2D eigenvalue weighted by molar-refractivity contribution is -0.147. The van der Waals surface area contributed by atoms with Gasteiger partial charge in [-0.05, 0) is 56.5 Å². The Hall–Kier alpha value is -3.58. The van der Waals surface area contributed by atoms with Gasteiger partial charge in [-0.1, -0.05) is 42.5 Å². The molecule has 3 N–H and O–H groups in total. The number of methoxy groups -OCH3 is 1. The first-order valence-corrected chi connectivity index (χ1v) is 12.0. The molecular formula is C28H33N3O4. The number of piperidine rings is 1. The Kier molecular flexibility index (Phi) is 7.56. The summed E-state index contributed by atoms with van der Waals surface area (Å²) >= 11 is 0. The molecule has 0 aliphatic carbocycles. The van der Waals surface area contributed by atoms with Crippen LogP contribution < -0.4 is 11.1 Å². The number of carbonyl (C=O) groups is 2. The minimum atomic E-state index is -0.635. The number of anilines is 1. The van der Waals surface area contributed by atoms with Crippen molar-refractivity contribution in [1.29, 1.82) is 0 Å². The van der Waals surface area contributed by atoms with Crippen molar-refractivity contribution in [1.82, 2.24) is 10.2 Å². The molecule has 2 aromatic carbocycles. The highest BCUT2D eigenvalue weighted by molar-refractivity contribution is 6.00. The lowest BCUT2D eigenvalue weighted by Crippen LogP contribution is -2.41. The first kappa shape index (κ1) is 24.5. The maximum Gasteiger partial charge on any atom is 0.337 e. The number of hydrogen-bond acceptors (Lipinski definition) is 7. The third-order valence-corrected chi connectivity index (χ3v) is 6.61. The van der Waals surface area contributed by atoms with Gasteiger partial charge in [0.05, 0.1) is 24.2 Å². The molecule has 7 nitrogen and oxygen atoms in total. The van der Waals surface area contributed by atoms with Crippen LogP contribution >= 0.6 is 0 Å². The number of ether oxygens (including phenoxy) is 2. The molecule has 184 valence electrons. The Bertz CT molecular complexity index is 1160. The van der Waals surface area contributed by atoms with Crippen molar-refractivity contribution >= 4 is 17.6 Å². The van der Waals surface area contributed by atoms with Gasteiger partial charge in [0.25, 0.3) is 0 Å². The number of rotatable bonds is 6. The highest BCUT2D eigenvalue weighted by atomic mass is 16.5. The summed E-state index contributed by atoms with van der Waals surface area (Å²) in [5.74, 6) is -1.56. The van der Waals surface area contributed by atoms with Crippen LogP contribution in [0.4, 0.5) is 5.69 Å². The fourth-order valence-corrected chi connectivity index (χ4v) is 5.03. The fraction of sp³-hybridized carbons (Fsp3) is 0.357. The lowest BCUT2D eigenvalue weighted by Gasteiger charge is -2.34. The lowest BCUT2D eigenvalue weighted by atomic mass is 9.80. The monoisotopic (exact) mass is 475 g/mol. The van der Waals surface area contributed by atoms with Crippen molar-refractivity contribution in [3.05, 3.63) is 88.3 Å². The summed E-state index contributed by atoms with van der Waals surface area (Å²) in [7, 11) is 1.34. The van der Waals surface area contributed by atoms with Crippen LogP contribution in [0.5, 0.6) is 0 Å². The Morgan fingerprint density at radius 3 is 2.43 bits per heavy atom. The maximum absolute atomic E-state index is 13.6. The molecule has 0 aromatic heterocycles. The van der Waals surface area contributed by atoms with Gasteiger partial charge < -0.3 is 20.5 Å². The molecule has 1 fully saturated rings. The summed E-state index contributed by atoms with van der Waals surface area (Å²) in [6.45, 7) is 6.09. The molecule has 4 rings (SSSR count). The highest BCUT2D eigenvalue weighted by Gasteiger charge is 2.39. The van der Waals surface area contributed by atoms with Gasteiger partial charge in [-0.3, -0.25) is 4.90 Å². The number of likely N-dealkylation sites (tertiary alicyclic amines) is 1. The van der Waals surface area contributed by atoms with Crippen LogP contribution in [0.3, 0.4) is 0 Å². The smallest absolute Gasteiger partial charge is 0.337 e. The number of benzene rings is 2. The first-order chi connectivity index (χ1) is 16.9. The van der Waals surface area contributed by atoms with Crippen LogP contribution in [0, 0.1) is 0 Å². The van der Waals surface area contributed by atoms with Crippen molar-refractivity contribution in [3.63, 3.8) is 0 Å². The molecule has 2 aromatic rings. The van der Waals surface area contributed by atoms with E-state index in [1.54, 1.807) is 19.1 Å². The van der Waals surface area contributed by atoms with Crippen LogP contribution in [0.15, 0.2) is 77.1 Å². The Morgan fingerprint density at radius 1 is 1.03 bits per heavy atom. The normalized spacial score (nSPS) is 20.9. The van der Waals surface area contributed by atoms with Crippen LogP contribution in [-0.4, -0.2) is 43.1 Å². The molecule has 2 aliphatic heterocycles. The zero-order valence-electron chi connectivity index (χ0n) is 20.5. The summed E-state index contributed by atoms with van der Waals surface area (Å²) in [6, 6.07) is 17.5. The summed E-state index contributed by atoms with van der Waals surface area (Å²) in [4.78, 5) is 28.7. The van der Waals surface area contributed by atoms with Crippen LogP contribution in [-0.2, 0) is 25.6 Å². The molecule has 35 heavy (non-hydrogen) atoms. The largest absolute Gasteiger partial charge is 0.466 e. The quantitative estimate of drug-likeness (QED) is 0.484. The number of esters is 2. The number of nitrogen functional groups attached to an aromatic ring is 1. The predicted octanol–water partition coefficient (Wildman–Crippen LogP) is 3.88. The zero-order valence-corrected chi connectivity index (χ0v) is 20.5. The molecule has 2 aliphatic rings. The van der Waals surface area contributed by atoms with Gasteiger partial charge in [0.2, 0.25) is 0 Å². The number of carbonyl (C=O) groups excluding carboxylic acids is 2. The van der Waals surface area contributed by atoms with E-state index in [0.29, 0.717) is 34.8 Å². The molecule has 0 unspecified atom stereocenters. The van der Waals surface area contributed by atoms with Gasteiger partial charge >= 0.3 is 11.9 Å². The molecule has 2 heterocycles. The zero-order chi connectivity index (χ0) is 24.9. The van der Waals surface area contributed by atoms with Gasteiger partial charge in [0, 0.05) is 30.2 Å². The minimum Gasteiger partial charge on any atom is -0.466 e. The number of nitrogens with one attached hydrogen (secondary N) is 1. The Labute approximate surface area is 206 Å². The van der Waals surface area contributed by atoms with Gasteiger partial charge in [0.1, 0.15) is 6.10 Å². The minimum absolute atomic E-state index is 0.227. The SMILES string of the molecule is COC(=O)C1=C(C)NC(C)=C(C(=O)O[C@@H]2CCCN(Cc3ccccc3)C2)[C@@H]1c1cccc(N)c1. The van der Waals surface area contributed by atoms with E-state index >= 15 is 0 Å². The summed E-state index contributed by atoms with van der Waals surface area (Å²) < 4.78 is 11.1. The van der Waals surface area contributed by atoms with E-state index in [2.05, 4.69) is 22.3 Å². The van der Waals surface area contributed by atoms with Gasteiger partial charge in [-0.15, -0.1) is 0 Å². The average Bonchev–Trinajstić information content (AvgIpc) is 2.84. The molecular weight excluding hydrogens is 442 g/mol. The maximum atomic E-state index is 13.6. The van der Waals surface area contributed by atoms with E-state index in [-0.39, 0.29) is 6.10 Å². The summed E-state index contributed by atoms with van der Waals surface area (Å²) in [5, 5.41) is 3.18. The van der Waals surface area contributed by atoms with E-state index in [1.165, 1.54) is 12.7 Å². The van der Waals surface area contributed by atoms with E-state index < -0.39 is 17.9 Å². The third kappa shape index (κ3) is 5.57. The fourth-order valence-electron chi connectivity index (χ4n) is 5.03. The molecule has 0 bridgehead atoms. The van der Waals surface area contributed by atoms with E-state index in [0.717, 1.165) is 31.5 Å². The van der Waals surface area contributed by atoms with Crippen molar-refractivity contribution in [3.8, 4) is 0 Å². The van der Waals surface area contributed by atoms with Crippen LogP contribution in [0.1, 0.15) is 43.7 Å². The summed E-state index contributed by atoms with van der Waals surface area (Å²) in [6.07, 6.45) is 1.53. The highest BCUT2D eigenvalue weighted by Crippen LogP contribution is 2.40. The molecule has 2 atom stereocenters. The second-order valence-electron chi connectivity index (χ2n) is 9.19. The molecule has 0 amide bonds. The van der Waals surface area contributed by atoms with Crippen LogP contribution in [0.25, 0.3) is 0 Å². The molecule has 1 saturated heterocycles. The number of dihydropyridines is 1. The third-order valence-electron chi connectivity index (χ3n) is 6.61. The van der Waals surface area contributed by atoms with E-state index in [9.17, 15) is 9.59 Å². The topological polar surface area (TPSA) is 93.9 Å². The second kappa shape index (κ2) is 10.8. The van der Waals surface area contributed by atoms with Gasteiger partial charge in [-0.25, -0.2) is 9.59 Å². The van der Waals surface area contributed by atoms with E-state index in [1.807, 2.05) is 37.3 Å². The first-order valence-electron chi connectivity index (χ1n) is 12.0. The summed E-state index contributed by atoms with van der Waals surface area (Å²) in [5.41, 5.74) is 10.7. The Morgan fingerprint density at radius 2 is 1.74 bits per heavy atom. The van der Waals surface area contributed by atoms with Crippen molar-refractivity contribution < 1.29 is 19.1 Å². The van der Waals surface area contributed by atoms with E-state index in [4.69, 9.17) is 15.2 Å². The number of hydrogen-bond donors (Lipinski definition) is 2. The predicted molar refractivity (Wildman–Crippen MR) is 135 cm³/mol.